The first-order chi connectivity index (χ1) is 14.9. The first-order valence-corrected chi connectivity index (χ1v) is 11.4. The Morgan fingerprint density at radius 3 is 2.23 bits per heavy atom. The van der Waals surface area contributed by atoms with Crippen LogP contribution in [0.25, 0.3) is 0 Å². The third-order valence-corrected chi connectivity index (χ3v) is 6.88. The number of nitrogens with zero attached hydrogens (tertiary/aromatic N) is 1. The van der Waals surface area contributed by atoms with E-state index < -0.39 is 25.1 Å². The minimum Gasteiger partial charge on any atom is -0.426 e. The van der Waals surface area contributed by atoms with Crippen LogP contribution in [0.2, 0.25) is 0 Å². The Bertz CT molecular complexity index is 785. The van der Waals surface area contributed by atoms with E-state index in [1.54, 1.807) is 12.1 Å². The standard InChI is InChI=1S/C22H31BFN3O4/c24-16-6-8-17(9-7-16)27-11-10-19(27)22(29)25-18(12-15-4-5-15)21(28)26-20(23(30)31)13-14-2-1-3-14/h6-9,14-15,18-20,30-31H,1-5,10-13H2,(H,25,29)(H,26,28)/t18-,19-,20-/m0/s1. The van der Waals surface area contributed by atoms with Crippen LogP contribution in [0.4, 0.5) is 10.1 Å². The van der Waals surface area contributed by atoms with E-state index in [0.29, 0.717) is 37.6 Å². The van der Waals surface area contributed by atoms with Gasteiger partial charge in [-0.3, -0.25) is 9.59 Å². The summed E-state index contributed by atoms with van der Waals surface area (Å²) in [6.07, 6.45) is 7.06. The third kappa shape index (κ3) is 5.57. The van der Waals surface area contributed by atoms with E-state index in [9.17, 15) is 24.0 Å². The Morgan fingerprint density at radius 2 is 1.71 bits per heavy atom. The van der Waals surface area contributed by atoms with Crippen LogP contribution in [0.3, 0.4) is 0 Å². The zero-order valence-electron chi connectivity index (χ0n) is 17.7. The Hall–Kier alpha value is -2.13. The Morgan fingerprint density at radius 1 is 1.03 bits per heavy atom. The molecule has 1 saturated heterocycles. The molecule has 168 valence electrons. The van der Waals surface area contributed by atoms with Gasteiger partial charge < -0.3 is 25.6 Å². The summed E-state index contributed by atoms with van der Waals surface area (Å²) in [6, 6.07) is 4.95. The van der Waals surface area contributed by atoms with Crippen LogP contribution < -0.4 is 15.5 Å². The molecule has 3 aliphatic rings. The van der Waals surface area contributed by atoms with Gasteiger partial charge in [0, 0.05) is 12.2 Å². The largest absolute Gasteiger partial charge is 0.475 e. The molecule has 1 aliphatic heterocycles. The van der Waals surface area contributed by atoms with Crippen LogP contribution in [0, 0.1) is 17.7 Å². The molecule has 7 nitrogen and oxygen atoms in total. The fraction of sp³-hybridized carbons (Fsp3) is 0.636. The average Bonchev–Trinajstić information content (AvgIpc) is 3.47. The normalized spacial score (nSPS) is 22.7. The molecule has 1 heterocycles. The minimum atomic E-state index is -1.62. The van der Waals surface area contributed by atoms with E-state index >= 15 is 0 Å². The number of hydrogen-bond donors (Lipinski definition) is 4. The van der Waals surface area contributed by atoms with Crippen molar-refractivity contribution in [3.8, 4) is 0 Å². The smallest absolute Gasteiger partial charge is 0.426 e. The summed E-state index contributed by atoms with van der Waals surface area (Å²) in [4.78, 5) is 27.8. The van der Waals surface area contributed by atoms with E-state index in [1.165, 1.54) is 12.1 Å². The van der Waals surface area contributed by atoms with Crippen LogP contribution in [0.5, 0.6) is 0 Å². The van der Waals surface area contributed by atoms with Crippen molar-refractivity contribution in [2.75, 3.05) is 11.4 Å². The first-order valence-electron chi connectivity index (χ1n) is 11.4. The van der Waals surface area contributed by atoms with Crippen LogP contribution in [0.1, 0.15) is 51.4 Å². The van der Waals surface area contributed by atoms with Crippen molar-refractivity contribution in [2.24, 2.45) is 11.8 Å². The summed E-state index contributed by atoms with van der Waals surface area (Å²) in [5.74, 6) is -0.816. The fourth-order valence-corrected chi connectivity index (χ4v) is 4.41. The number of nitrogens with one attached hydrogen (secondary N) is 2. The van der Waals surface area contributed by atoms with Gasteiger partial charge in [0.2, 0.25) is 11.8 Å². The van der Waals surface area contributed by atoms with Crippen molar-refractivity contribution in [3.05, 3.63) is 30.1 Å². The summed E-state index contributed by atoms with van der Waals surface area (Å²) in [5, 5.41) is 25.1. The summed E-state index contributed by atoms with van der Waals surface area (Å²) in [5.41, 5.74) is 0.778. The van der Waals surface area contributed by atoms with Crippen molar-refractivity contribution < 1.29 is 24.0 Å². The molecule has 0 aromatic heterocycles. The highest BCUT2D eigenvalue weighted by Crippen LogP contribution is 2.34. The summed E-state index contributed by atoms with van der Waals surface area (Å²) >= 11 is 0. The number of amides is 2. The van der Waals surface area contributed by atoms with Gasteiger partial charge in [-0.1, -0.05) is 32.1 Å². The fourth-order valence-electron chi connectivity index (χ4n) is 4.41. The second-order valence-corrected chi connectivity index (χ2v) is 9.28. The molecule has 2 amide bonds. The number of halogens is 1. The van der Waals surface area contributed by atoms with E-state index in [1.807, 2.05) is 4.90 Å². The van der Waals surface area contributed by atoms with Crippen molar-refractivity contribution in [1.82, 2.24) is 10.6 Å². The molecule has 0 spiro atoms. The van der Waals surface area contributed by atoms with Crippen molar-refractivity contribution in [1.29, 1.82) is 0 Å². The van der Waals surface area contributed by atoms with Crippen LogP contribution >= 0.6 is 0 Å². The van der Waals surface area contributed by atoms with Gasteiger partial charge in [0.1, 0.15) is 17.9 Å². The van der Waals surface area contributed by atoms with Crippen LogP contribution in [-0.4, -0.2) is 53.6 Å². The van der Waals surface area contributed by atoms with E-state index in [-0.39, 0.29) is 17.6 Å². The molecule has 4 rings (SSSR count). The third-order valence-electron chi connectivity index (χ3n) is 6.88. The van der Waals surface area contributed by atoms with Gasteiger partial charge in [0.15, 0.2) is 0 Å². The van der Waals surface area contributed by atoms with Gasteiger partial charge in [-0.25, -0.2) is 4.39 Å². The minimum absolute atomic E-state index is 0.225. The molecule has 3 fully saturated rings. The molecular formula is C22H31BFN3O4. The monoisotopic (exact) mass is 431 g/mol. The van der Waals surface area contributed by atoms with Gasteiger partial charge >= 0.3 is 7.12 Å². The highest BCUT2D eigenvalue weighted by Gasteiger charge is 2.39. The quantitative estimate of drug-likeness (QED) is 0.420. The average molecular weight is 431 g/mol. The highest BCUT2D eigenvalue weighted by molar-refractivity contribution is 6.43. The molecule has 4 N–H and O–H groups in total. The molecular weight excluding hydrogens is 400 g/mol. The lowest BCUT2D eigenvalue weighted by Crippen LogP contribution is -2.61. The predicted molar refractivity (Wildman–Crippen MR) is 116 cm³/mol. The maximum Gasteiger partial charge on any atom is 0.475 e. The second-order valence-electron chi connectivity index (χ2n) is 9.28. The van der Waals surface area contributed by atoms with Crippen LogP contribution in [-0.2, 0) is 9.59 Å². The van der Waals surface area contributed by atoms with Crippen molar-refractivity contribution in [3.63, 3.8) is 0 Å². The van der Waals surface area contributed by atoms with E-state index in [4.69, 9.17) is 0 Å². The number of anilines is 1. The second kappa shape index (κ2) is 9.57. The zero-order chi connectivity index (χ0) is 22.0. The Balaban J connectivity index is 1.37. The molecule has 0 radical (unpaired) electrons. The van der Waals surface area contributed by atoms with E-state index in [0.717, 1.165) is 37.8 Å². The summed E-state index contributed by atoms with van der Waals surface area (Å²) < 4.78 is 13.2. The van der Waals surface area contributed by atoms with Gasteiger partial charge in [-0.2, -0.15) is 0 Å². The zero-order valence-corrected chi connectivity index (χ0v) is 17.7. The predicted octanol–water partition coefficient (Wildman–Crippen LogP) is 1.38. The van der Waals surface area contributed by atoms with Gasteiger partial charge in [-0.05, 0) is 55.4 Å². The summed E-state index contributed by atoms with van der Waals surface area (Å²) in [7, 11) is -1.62. The van der Waals surface area contributed by atoms with Crippen LogP contribution in [0.15, 0.2) is 24.3 Å². The number of benzene rings is 1. The molecule has 1 aromatic carbocycles. The molecule has 2 saturated carbocycles. The number of hydrogen-bond acceptors (Lipinski definition) is 5. The SMILES string of the molecule is O=C(N[C@@H](CC1CCC1)B(O)O)[C@H](CC1CC1)NC(=O)[C@@H]1CCN1c1ccc(F)cc1. The van der Waals surface area contributed by atoms with Crippen molar-refractivity contribution in [2.45, 2.75) is 69.4 Å². The maximum absolute atomic E-state index is 13.2. The Kier molecular flexibility index (Phi) is 6.81. The highest BCUT2D eigenvalue weighted by atomic mass is 19.1. The molecule has 2 aliphatic carbocycles. The molecule has 1 aromatic rings. The number of carbonyl (C=O) groups is 2. The Labute approximate surface area is 182 Å². The molecule has 31 heavy (non-hydrogen) atoms. The van der Waals surface area contributed by atoms with Gasteiger partial charge in [-0.15, -0.1) is 0 Å². The number of rotatable bonds is 10. The van der Waals surface area contributed by atoms with Gasteiger partial charge in [0.25, 0.3) is 0 Å². The topological polar surface area (TPSA) is 102 Å². The van der Waals surface area contributed by atoms with Crippen molar-refractivity contribution >= 4 is 24.6 Å². The van der Waals surface area contributed by atoms with E-state index in [2.05, 4.69) is 10.6 Å². The molecule has 9 heteroatoms. The first kappa shape index (κ1) is 22.1. The summed E-state index contributed by atoms with van der Waals surface area (Å²) in [6.45, 7) is 0.698. The van der Waals surface area contributed by atoms with Gasteiger partial charge in [0.05, 0.1) is 5.94 Å². The molecule has 3 atom stereocenters. The lowest BCUT2D eigenvalue weighted by atomic mass is 9.69. The molecule has 0 bridgehead atoms. The molecule has 0 unspecified atom stereocenters. The maximum atomic E-state index is 13.2. The number of carbonyl (C=O) groups excluding carboxylic acids is 2. The lowest BCUT2D eigenvalue weighted by Gasteiger charge is -2.42. The lowest BCUT2D eigenvalue weighted by molar-refractivity contribution is -0.130.